The van der Waals surface area contributed by atoms with Gasteiger partial charge in [0.2, 0.25) is 0 Å². The molecule has 0 heterocycles. The lowest BCUT2D eigenvalue weighted by Crippen LogP contribution is -2.74. The number of rotatable bonds is 23. The SMILES string of the molecule is CCCCOC(=O)c1ccc(C(=O)OCCCC)c2c(C(=O)OCCCC)c(C(F)(F)C(F)(F)C(F)(F)C(F)(F)C(F)(F)C(F)(F)C(F)(F)C(F)(F)F)cc(C(=O)OCCCC)c12. The molecule has 0 aliphatic heterocycles. The van der Waals surface area contributed by atoms with Gasteiger partial charge in [-0.25, -0.2) is 19.2 Å². The lowest BCUT2D eigenvalue weighted by molar-refractivity contribution is -0.462. The van der Waals surface area contributed by atoms with E-state index < -0.39 is 143 Å². The van der Waals surface area contributed by atoms with Crippen molar-refractivity contribution in [2.75, 3.05) is 26.4 Å². The maximum Gasteiger partial charge on any atom is 0.460 e. The summed E-state index contributed by atoms with van der Waals surface area (Å²) < 4.78 is 267. The molecule has 358 valence electrons. The van der Waals surface area contributed by atoms with Crippen LogP contribution in [0.2, 0.25) is 0 Å². The van der Waals surface area contributed by atoms with Gasteiger partial charge in [-0.3, -0.25) is 0 Å². The molecule has 63 heavy (non-hydrogen) atoms. The molecule has 0 unspecified atom stereocenters. The molecule has 0 saturated carbocycles. The highest BCUT2D eigenvalue weighted by Crippen LogP contribution is 2.65. The number of hydrogen-bond donors (Lipinski definition) is 0. The molecule has 0 spiro atoms. The second kappa shape index (κ2) is 20.1. The Morgan fingerprint density at radius 2 is 0.714 bits per heavy atom. The fourth-order valence-corrected chi connectivity index (χ4v) is 5.40. The summed E-state index contributed by atoms with van der Waals surface area (Å²) in [6, 6.07) is 0.464. The number of ether oxygens (including phenoxy) is 4. The van der Waals surface area contributed by atoms with Crippen molar-refractivity contribution in [1.29, 1.82) is 0 Å². The van der Waals surface area contributed by atoms with Gasteiger partial charge in [-0.15, -0.1) is 0 Å². The molecule has 2 rings (SSSR count). The van der Waals surface area contributed by atoms with Crippen LogP contribution in [0.15, 0.2) is 18.2 Å². The summed E-state index contributed by atoms with van der Waals surface area (Å²) in [6.45, 7) is 3.56. The fraction of sp³-hybridized carbons (Fsp3) is 0.632. The molecule has 0 amide bonds. The van der Waals surface area contributed by atoms with Crippen LogP contribution >= 0.6 is 0 Å². The van der Waals surface area contributed by atoms with Gasteiger partial charge in [-0.1, -0.05) is 53.4 Å². The van der Waals surface area contributed by atoms with E-state index >= 15 is 26.3 Å². The molecule has 0 aliphatic carbocycles. The van der Waals surface area contributed by atoms with Gasteiger partial charge in [-0.05, 0) is 43.9 Å². The van der Waals surface area contributed by atoms with Gasteiger partial charge in [0.15, 0.2) is 0 Å². The van der Waals surface area contributed by atoms with Crippen LogP contribution in [0, 0.1) is 0 Å². The maximum atomic E-state index is 16.5. The highest BCUT2D eigenvalue weighted by Gasteiger charge is 2.95. The average Bonchev–Trinajstić information content (AvgIpc) is 3.18. The Hall–Kier alpha value is -4.61. The first-order valence-electron chi connectivity index (χ1n) is 18.8. The van der Waals surface area contributed by atoms with Crippen molar-refractivity contribution in [3.63, 3.8) is 0 Å². The first-order chi connectivity index (χ1) is 28.8. The molecule has 2 aromatic carbocycles. The fourth-order valence-electron chi connectivity index (χ4n) is 5.40. The minimum Gasteiger partial charge on any atom is -0.462 e. The van der Waals surface area contributed by atoms with E-state index in [4.69, 9.17) is 18.9 Å². The number of benzene rings is 2. The summed E-state index contributed by atoms with van der Waals surface area (Å²) in [4.78, 5) is 54.3. The van der Waals surface area contributed by atoms with Crippen LogP contribution in [0.25, 0.3) is 10.8 Å². The Kier molecular flexibility index (Phi) is 17.4. The smallest absolute Gasteiger partial charge is 0.460 e. The minimum atomic E-state index is -8.99. The summed E-state index contributed by atoms with van der Waals surface area (Å²) in [7, 11) is 0. The van der Waals surface area contributed by atoms with Crippen LogP contribution in [0.3, 0.4) is 0 Å². The monoisotopic (exact) mass is 946 g/mol. The summed E-state index contributed by atoms with van der Waals surface area (Å²) in [6.07, 6.45) is -7.13. The molecule has 0 atom stereocenters. The lowest BCUT2D eigenvalue weighted by Gasteiger charge is -2.43. The molecule has 2 aromatic rings. The van der Waals surface area contributed by atoms with Gasteiger partial charge in [0.1, 0.15) is 0 Å². The molecule has 8 nitrogen and oxygen atoms in total. The lowest BCUT2D eigenvalue weighted by atomic mass is 9.82. The number of halogens is 17. The highest BCUT2D eigenvalue weighted by molar-refractivity contribution is 6.23. The average molecular weight is 947 g/mol. The molecule has 0 aromatic heterocycles. The van der Waals surface area contributed by atoms with E-state index in [0.717, 1.165) is 0 Å². The van der Waals surface area contributed by atoms with Crippen LogP contribution in [0.5, 0.6) is 0 Å². The van der Waals surface area contributed by atoms with E-state index in [1.54, 1.807) is 13.8 Å². The second-order valence-corrected chi connectivity index (χ2v) is 13.7. The van der Waals surface area contributed by atoms with Crippen LogP contribution < -0.4 is 0 Å². The van der Waals surface area contributed by atoms with Gasteiger partial charge in [0.05, 0.1) is 48.7 Å². The van der Waals surface area contributed by atoms with Crippen molar-refractivity contribution in [2.24, 2.45) is 0 Å². The van der Waals surface area contributed by atoms with Gasteiger partial charge in [0, 0.05) is 16.3 Å². The maximum absolute atomic E-state index is 16.5. The molecule has 0 bridgehead atoms. The molecule has 0 radical (unpaired) electrons. The van der Waals surface area contributed by atoms with Crippen molar-refractivity contribution in [3.8, 4) is 0 Å². The van der Waals surface area contributed by atoms with Crippen LogP contribution in [-0.4, -0.2) is 92.0 Å². The highest BCUT2D eigenvalue weighted by atomic mass is 19.4. The predicted octanol–water partition coefficient (Wildman–Crippen LogP) is 12.1. The van der Waals surface area contributed by atoms with Crippen molar-refractivity contribution in [3.05, 3.63) is 46.0 Å². The largest absolute Gasteiger partial charge is 0.462 e. The van der Waals surface area contributed by atoms with E-state index in [1.807, 2.05) is 0 Å². The first-order valence-corrected chi connectivity index (χ1v) is 18.8. The van der Waals surface area contributed by atoms with Gasteiger partial charge in [0.25, 0.3) is 0 Å². The van der Waals surface area contributed by atoms with E-state index in [2.05, 4.69) is 0 Å². The van der Waals surface area contributed by atoms with Gasteiger partial charge < -0.3 is 18.9 Å². The normalized spacial score (nSPS) is 13.5. The number of hydrogen-bond acceptors (Lipinski definition) is 8. The van der Waals surface area contributed by atoms with E-state index in [9.17, 15) is 67.5 Å². The first kappa shape index (κ1) is 54.5. The number of alkyl halides is 17. The van der Waals surface area contributed by atoms with Crippen molar-refractivity contribution in [1.82, 2.24) is 0 Å². The minimum absolute atomic E-state index is 0.0455. The molecule has 0 fully saturated rings. The number of esters is 4. The van der Waals surface area contributed by atoms with Crippen molar-refractivity contribution < 1.29 is 113 Å². The van der Waals surface area contributed by atoms with Crippen LogP contribution in [-0.2, 0) is 24.9 Å². The summed E-state index contributed by atoms with van der Waals surface area (Å²) in [5.41, 5.74) is -9.30. The van der Waals surface area contributed by atoms with Gasteiger partial charge in [-0.2, -0.15) is 74.6 Å². The molecule has 25 heteroatoms. The van der Waals surface area contributed by atoms with E-state index in [-0.39, 0.29) is 38.5 Å². The quantitative estimate of drug-likeness (QED) is 0.0469. The summed E-state index contributed by atoms with van der Waals surface area (Å²) in [5, 5.41) is -2.80. The molecule has 0 N–H and O–H groups in total. The zero-order chi connectivity index (χ0) is 48.8. The number of unbranched alkanes of at least 4 members (excludes halogenated alkanes) is 4. The molecular formula is C38H39F17O8. The topological polar surface area (TPSA) is 105 Å². The third-order valence-corrected chi connectivity index (χ3v) is 9.13. The predicted molar refractivity (Wildman–Crippen MR) is 184 cm³/mol. The Balaban J connectivity index is 3.40. The second-order valence-electron chi connectivity index (χ2n) is 13.7. The summed E-state index contributed by atoms with van der Waals surface area (Å²) >= 11 is 0. The Morgan fingerprint density at radius 3 is 1.06 bits per heavy atom. The van der Waals surface area contributed by atoms with Crippen LogP contribution in [0.1, 0.15) is 126 Å². The third kappa shape index (κ3) is 9.90. The number of fused-ring (bicyclic) bond motifs is 1. The standard InChI is InChI=1S/C38H39F17O8/c1-5-9-15-60-27(56)20-13-14-21(28(57)61-16-10-6-2)25-24(20)22(29(58)62-17-11-7-3)19-23(26(25)30(59)63-18-12-8-4)31(39,40)32(41,42)33(43,44)34(45,46)35(47,48)36(49,50)37(51,52)38(53,54)55/h13-14,19H,5-12,15-18H2,1-4H3. The zero-order valence-electron chi connectivity index (χ0n) is 33.4. The molecule has 0 saturated heterocycles. The van der Waals surface area contributed by atoms with E-state index in [1.165, 1.54) is 13.8 Å². The number of carbonyl (C=O) groups is 4. The van der Waals surface area contributed by atoms with Gasteiger partial charge >= 0.3 is 71.5 Å². The zero-order valence-corrected chi connectivity index (χ0v) is 33.4. The van der Waals surface area contributed by atoms with Crippen molar-refractivity contribution >= 4 is 34.6 Å². The van der Waals surface area contributed by atoms with Crippen molar-refractivity contribution in [2.45, 2.75) is 127 Å². The Labute approximate surface area is 346 Å². The van der Waals surface area contributed by atoms with Crippen LogP contribution in [0.4, 0.5) is 74.6 Å². The molecular weight excluding hydrogens is 907 g/mol. The Morgan fingerprint density at radius 1 is 0.413 bits per heavy atom. The Bertz CT molecular complexity index is 1960. The molecule has 0 aliphatic rings. The summed E-state index contributed by atoms with van der Waals surface area (Å²) in [5.74, 6) is -67.4. The van der Waals surface area contributed by atoms with E-state index in [0.29, 0.717) is 25.0 Å². The third-order valence-electron chi connectivity index (χ3n) is 9.13. The number of carbonyl (C=O) groups excluding carboxylic acids is 4.